The zero-order valence-corrected chi connectivity index (χ0v) is 17.9. The molecule has 0 atom stereocenters. The van der Waals surface area contributed by atoms with E-state index in [9.17, 15) is 4.79 Å². The zero-order chi connectivity index (χ0) is 20.5. The maximum Gasteiger partial charge on any atom is 0.264 e. The number of carbonyl (C=O) groups is 1. The van der Waals surface area contributed by atoms with E-state index < -0.39 is 0 Å². The Morgan fingerprint density at radius 3 is 2.59 bits per heavy atom. The minimum Gasteiger partial charge on any atom is -0.318 e. The molecule has 3 aromatic rings. The Balaban J connectivity index is 1.65. The standard InChI is InChI=1S/C23H20ClN3OS/c1-14-12-17(16(3)27(14)18-8-5-4-6-9-18)13-21-22(28)26-23(29-21)25-20-11-7-10-19(24)15(20)2/h4-13H,1-3H3,(H,25,26,28)/b21-13-. The molecule has 1 amide bonds. The van der Waals surface area contributed by atoms with E-state index in [4.69, 9.17) is 11.6 Å². The van der Waals surface area contributed by atoms with Crippen LogP contribution in [0.4, 0.5) is 5.69 Å². The second kappa shape index (κ2) is 7.93. The SMILES string of the molecule is Cc1c(Cl)cccc1N=C1NC(=O)/C(=C/c2cc(C)n(-c3ccccc3)c2C)S1. The van der Waals surface area contributed by atoms with Crippen molar-refractivity contribution in [2.24, 2.45) is 4.99 Å². The van der Waals surface area contributed by atoms with Crippen LogP contribution in [0.25, 0.3) is 11.8 Å². The van der Waals surface area contributed by atoms with E-state index in [0.717, 1.165) is 33.9 Å². The van der Waals surface area contributed by atoms with Gasteiger partial charge in [0.05, 0.1) is 10.6 Å². The van der Waals surface area contributed by atoms with Gasteiger partial charge in [-0.3, -0.25) is 4.79 Å². The number of carbonyl (C=O) groups excluding carboxylic acids is 1. The summed E-state index contributed by atoms with van der Waals surface area (Å²) in [5.74, 6) is -0.141. The molecule has 1 N–H and O–H groups in total. The van der Waals surface area contributed by atoms with Crippen LogP contribution in [-0.4, -0.2) is 15.6 Å². The van der Waals surface area contributed by atoms with Crippen LogP contribution in [0.15, 0.2) is 64.5 Å². The Morgan fingerprint density at radius 2 is 1.83 bits per heavy atom. The topological polar surface area (TPSA) is 46.4 Å². The van der Waals surface area contributed by atoms with Crippen LogP contribution in [0.2, 0.25) is 5.02 Å². The first-order chi connectivity index (χ1) is 13.9. The van der Waals surface area contributed by atoms with Gasteiger partial charge in [-0.15, -0.1) is 0 Å². The highest BCUT2D eigenvalue weighted by atomic mass is 35.5. The van der Waals surface area contributed by atoms with Crippen LogP contribution in [0.1, 0.15) is 22.5 Å². The van der Waals surface area contributed by atoms with Crippen molar-refractivity contribution in [1.82, 2.24) is 9.88 Å². The van der Waals surface area contributed by atoms with Gasteiger partial charge in [0.2, 0.25) is 0 Å². The minimum absolute atomic E-state index is 0.141. The van der Waals surface area contributed by atoms with E-state index in [1.165, 1.54) is 11.8 Å². The van der Waals surface area contributed by atoms with Crippen molar-refractivity contribution in [2.75, 3.05) is 0 Å². The summed E-state index contributed by atoms with van der Waals surface area (Å²) in [4.78, 5) is 17.7. The lowest BCUT2D eigenvalue weighted by atomic mass is 10.2. The molecule has 4 rings (SSSR count). The summed E-state index contributed by atoms with van der Waals surface area (Å²) in [5, 5.41) is 4.06. The van der Waals surface area contributed by atoms with Gasteiger partial charge >= 0.3 is 0 Å². The quantitative estimate of drug-likeness (QED) is 0.531. The lowest BCUT2D eigenvalue weighted by Gasteiger charge is -2.09. The Morgan fingerprint density at radius 1 is 1.07 bits per heavy atom. The van der Waals surface area contributed by atoms with Gasteiger partial charge in [0, 0.05) is 22.1 Å². The number of para-hydroxylation sites is 1. The molecule has 29 heavy (non-hydrogen) atoms. The highest BCUT2D eigenvalue weighted by Crippen LogP contribution is 2.32. The van der Waals surface area contributed by atoms with E-state index in [0.29, 0.717) is 15.1 Å². The molecule has 6 heteroatoms. The molecule has 2 aromatic carbocycles. The summed E-state index contributed by atoms with van der Waals surface area (Å²) in [7, 11) is 0. The third kappa shape index (κ3) is 3.88. The highest BCUT2D eigenvalue weighted by Gasteiger charge is 2.25. The fourth-order valence-corrected chi connectivity index (χ4v) is 4.35. The number of hydrogen-bond donors (Lipinski definition) is 1. The predicted molar refractivity (Wildman–Crippen MR) is 122 cm³/mol. The number of halogens is 1. The number of aliphatic imine (C=N–C) groups is 1. The van der Waals surface area contributed by atoms with Gasteiger partial charge in [0.25, 0.3) is 5.91 Å². The number of thioether (sulfide) groups is 1. The molecule has 0 saturated carbocycles. The molecule has 1 aromatic heterocycles. The Labute approximate surface area is 179 Å². The normalized spacial score (nSPS) is 16.6. The number of nitrogens with zero attached hydrogens (tertiary/aromatic N) is 2. The fourth-order valence-electron chi connectivity index (χ4n) is 3.36. The summed E-state index contributed by atoms with van der Waals surface area (Å²) in [6, 6.07) is 17.9. The fraction of sp³-hybridized carbons (Fsp3) is 0.130. The van der Waals surface area contributed by atoms with Crippen LogP contribution in [0.5, 0.6) is 0 Å². The van der Waals surface area contributed by atoms with E-state index >= 15 is 0 Å². The lowest BCUT2D eigenvalue weighted by molar-refractivity contribution is -0.115. The van der Waals surface area contributed by atoms with Gasteiger partial charge in [-0.25, -0.2) is 4.99 Å². The molecule has 4 nitrogen and oxygen atoms in total. The Hall–Kier alpha value is -2.76. The minimum atomic E-state index is -0.141. The number of amidine groups is 1. The average Bonchev–Trinajstić information content (AvgIpc) is 3.18. The summed E-state index contributed by atoms with van der Waals surface area (Å²) >= 11 is 7.51. The Bertz CT molecular complexity index is 1160. The molecule has 0 aliphatic carbocycles. The largest absolute Gasteiger partial charge is 0.318 e. The molecule has 146 valence electrons. The third-order valence-corrected chi connectivity index (χ3v) is 6.20. The van der Waals surface area contributed by atoms with Gasteiger partial charge in [-0.1, -0.05) is 35.9 Å². The van der Waals surface area contributed by atoms with Crippen molar-refractivity contribution < 1.29 is 4.79 Å². The second-order valence-corrected chi connectivity index (χ2v) is 8.30. The second-order valence-electron chi connectivity index (χ2n) is 6.86. The first-order valence-corrected chi connectivity index (χ1v) is 10.4. The van der Waals surface area contributed by atoms with Crippen LogP contribution in [0, 0.1) is 20.8 Å². The molecule has 1 aliphatic rings. The van der Waals surface area contributed by atoms with Gasteiger partial charge in [0.15, 0.2) is 5.17 Å². The number of rotatable bonds is 3. The van der Waals surface area contributed by atoms with Crippen molar-refractivity contribution >= 4 is 46.2 Å². The number of benzene rings is 2. The van der Waals surface area contributed by atoms with E-state index in [2.05, 4.69) is 46.9 Å². The van der Waals surface area contributed by atoms with E-state index in [1.54, 1.807) is 0 Å². The first kappa shape index (κ1) is 19.6. The molecule has 0 unspecified atom stereocenters. The third-order valence-electron chi connectivity index (χ3n) is 4.88. The summed E-state index contributed by atoms with van der Waals surface area (Å²) in [6.45, 7) is 6.05. The average molecular weight is 422 g/mol. The summed E-state index contributed by atoms with van der Waals surface area (Å²) < 4.78 is 2.19. The monoisotopic (exact) mass is 421 g/mol. The molecule has 1 fully saturated rings. The van der Waals surface area contributed by atoms with Crippen molar-refractivity contribution in [3.8, 4) is 5.69 Å². The van der Waals surface area contributed by atoms with Crippen LogP contribution in [0.3, 0.4) is 0 Å². The van der Waals surface area contributed by atoms with Crippen molar-refractivity contribution in [2.45, 2.75) is 20.8 Å². The van der Waals surface area contributed by atoms with Crippen LogP contribution >= 0.6 is 23.4 Å². The smallest absolute Gasteiger partial charge is 0.264 e. The molecule has 1 aliphatic heterocycles. The van der Waals surface area contributed by atoms with Crippen molar-refractivity contribution in [1.29, 1.82) is 0 Å². The predicted octanol–water partition coefficient (Wildman–Crippen LogP) is 5.95. The first-order valence-electron chi connectivity index (χ1n) is 9.23. The van der Waals surface area contributed by atoms with Crippen molar-refractivity contribution in [3.05, 3.63) is 87.0 Å². The number of amides is 1. The maximum absolute atomic E-state index is 12.5. The maximum atomic E-state index is 12.5. The zero-order valence-electron chi connectivity index (χ0n) is 16.4. The van der Waals surface area contributed by atoms with Gasteiger partial charge in [-0.2, -0.15) is 0 Å². The number of aryl methyl sites for hydroxylation is 1. The van der Waals surface area contributed by atoms with E-state index in [-0.39, 0.29) is 5.91 Å². The highest BCUT2D eigenvalue weighted by molar-refractivity contribution is 8.18. The molecule has 2 heterocycles. The molecular weight excluding hydrogens is 402 g/mol. The van der Waals surface area contributed by atoms with Gasteiger partial charge < -0.3 is 9.88 Å². The molecule has 0 bridgehead atoms. The van der Waals surface area contributed by atoms with Gasteiger partial charge in [0.1, 0.15) is 0 Å². The Kier molecular flexibility index (Phi) is 5.35. The summed E-state index contributed by atoms with van der Waals surface area (Å²) in [5.41, 5.74) is 5.97. The number of aromatic nitrogens is 1. The lowest BCUT2D eigenvalue weighted by Crippen LogP contribution is -2.19. The molecule has 1 saturated heterocycles. The van der Waals surface area contributed by atoms with Crippen LogP contribution < -0.4 is 5.32 Å². The molecule has 0 spiro atoms. The number of hydrogen-bond acceptors (Lipinski definition) is 3. The summed E-state index contributed by atoms with van der Waals surface area (Å²) in [6.07, 6.45) is 1.93. The van der Waals surface area contributed by atoms with Gasteiger partial charge in [-0.05, 0) is 80.1 Å². The molecular formula is C23H20ClN3OS. The van der Waals surface area contributed by atoms with E-state index in [1.807, 2.05) is 49.4 Å². The molecule has 0 radical (unpaired) electrons. The number of nitrogens with one attached hydrogen (secondary N) is 1. The van der Waals surface area contributed by atoms with Crippen molar-refractivity contribution in [3.63, 3.8) is 0 Å². The van der Waals surface area contributed by atoms with Crippen LogP contribution in [-0.2, 0) is 4.79 Å².